The third kappa shape index (κ3) is 4.18. The highest BCUT2D eigenvalue weighted by molar-refractivity contribution is 5.87. The van der Waals surface area contributed by atoms with E-state index < -0.39 is 0 Å². The van der Waals surface area contributed by atoms with Gasteiger partial charge in [-0.15, -0.1) is 0 Å². The summed E-state index contributed by atoms with van der Waals surface area (Å²) in [5, 5.41) is 0. The molecule has 1 aliphatic heterocycles. The van der Waals surface area contributed by atoms with Gasteiger partial charge in [-0.3, -0.25) is 4.79 Å². The number of ketones is 1. The third-order valence-corrected chi connectivity index (χ3v) is 3.31. The molecule has 100 valence electrons. The van der Waals surface area contributed by atoms with Crippen LogP contribution >= 0.6 is 0 Å². The molecular formula is C17H20O2. The van der Waals surface area contributed by atoms with Crippen molar-refractivity contribution in [3.05, 3.63) is 53.1 Å². The number of hydrogen-bond donors (Lipinski definition) is 0. The lowest BCUT2D eigenvalue weighted by molar-refractivity contribution is -0.112. The molecule has 1 aromatic carbocycles. The standard InChI is InChI=1S/C17H20O2/c1-13-6-8-15(9-7-13)10-17-12-19-11-16(17)5-3-4-14(2)18/h3-4,6-10,16H,5,11-12H2,1-2H3/b4-3+,17-10+/t16-/m0/s1. The second-order valence-corrected chi connectivity index (χ2v) is 5.09. The number of carbonyl (C=O) groups excluding carboxylic acids is 1. The fourth-order valence-electron chi connectivity index (χ4n) is 2.20. The summed E-state index contributed by atoms with van der Waals surface area (Å²) in [5.74, 6) is 0.500. The van der Waals surface area contributed by atoms with Gasteiger partial charge in [-0.2, -0.15) is 0 Å². The molecule has 0 N–H and O–H groups in total. The molecule has 0 unspecified atom stereocenters. The number of carbonyl (C=O) groups is 1. The molecule has 1 aliphatic rings. The first-order chi connectivity index (χ1) is 9.15. The number of ether oxygens (including phenoxy) is 1. The maximum atomic E-state index is 10.9. The van der Waals surface area contributed by atoms with Crippen LogP contribution in [0.4, 0.5) is 0 Å². The molecule has 0 bridgehead atoms. The molecule has 0 amide bonds. The molecule has 1 fully saturated rings. The van der Waals surface area contributed by atoms with Crippen molar-refractivity contribution in [1.29, 1.82) is 0 Å². The molecule has 1 aromatic rings. The zero-order valence-electron chi connectivity index (χ0n) is 11.6. The zero-order valence-corrected chi connectivity index (χ0v) is 11.6. The van der Waals surface area contributed by atoms with E-state index in [0.717, 1.165) is 13.0 Å². The Balaban J connectivity index is 2.05. The minimum absolute atomic E-state index is 0.1000. The Morgan fingerprint density at radius 1 is 1.37 bits per heavy atom. The molecule has 0 aromatic heterocycles. The van der Waals surface area contributed by atoms with E-state index in [-0.39, 0.29) is 5.78 Å². The SMILES string of the molecule is CC(=O)/C=C/C[C@H]1COC/C1=C\c1ccc(C)cc1. The maximum Gasteiger partial charge on any atom is 0.152 e. The molecule has 19 heavy (non-hydrogen) atoms. The summed E-state index contributed by atoms with van der Waals surface area (Å²) in [6.07, 6.45) is 6.67. The smallest absolute Gasteiger partial charge is 0.152 e. The van der Waals surface area contributed by atoms with E-state index >= 15 is 0 Å². The van der Waals surface area contributed by atoms with Crippen LogP contribution in [0.3, 0.4) is 0 Å². The second-order valence-electron chi connectivity index (χ2n) is 5.09. The van der Waals surface area contributed by atoms with Gasteiger partial charge in [0.15, 0.2) is 5.78 Å². The van der Waals surface area contributed by atoms with Crippen LogP contribution in [0.5, 0.6) is 0 Å². The summed E-state index contributed by atoms with van der Waals surface area (Å²) in [6.45, 7) is 5.11. The van der Waals surface area contributed by atoms with Gasteiger partial charge in [-0.25, -0.2) is 0 Å². The van der Waals surface area contributed by atoms with Crippen molar-refractivity contribution in [2.45, 2.75) is 20.3 Å². The van der Waals surface area contributed by atoms with Crippen LogP contribution in [0, 0.1) is 12.8 Å². The first kappa shape index (κ1) is 13.8. The highest BCUT2D eigenvalue weighted by atomic mass is 16.5. The van der Waals surface area contributed by atoms with E-state index in [1.807, 2.05) is 6.08 Å². The topological polar surface area (TPSA) is 26.3 Å². The quantitative estimate of drug-likeness (QED) is 0.770. The fraction of sp³-hybridized carbons (Fsp3) is 0.353. The lowest BCUT2D eigenvalue weighted by Crippen LogP contribution is -2.00. The van der Waals surface area contributed by atoms with E-state index in [4.69, 9.17) is 4.74 Å². The molecule has 2 heteroatoms. The van der Waals surface area contributed by atoms with Crippen molar-refractivity contribution in [2.75, 3.05) is 13.2 Å². The minimum Gasteiger partial charge on any atom is -0.376 e. The molecule has 0 radical (unpaired) electrons. The number of aryl methyl sites for hydroxylation is 1. The van der Waals surface area contributed by atoms with Crippen molar-refractivity contribution in [2.24, 2.45) is 5.92 Å². The van der Waals surface area contributed by atoms with E-state index in [1.54, 1.807) is 13.0 Å². The fourth-order valence-corrected chi connectivity index (χ4v) is 2.20. The Bertz CT molecular complexity index is 494. The van der Waals surface area contributed by atoms with E-state index in [9.17, 15) is 4.79 Å². The van der Waals surface area contributed by atoms with Crippen LogP contribution in [0.25, 0.3) is 6.08 Å². The largest absolute Gasteiger partial charge is 0.376 e. The Kier molecular flexibility index (Phi) is 4.69. The van der Waals surface area contributed by atoms with E-state index in [2.05, 4.69) is 37.3 Å². The van der Waals surface area contributed by atoms with Gasteiger partial charge in [-0.05, 0) is 37.5 Å². The predicted octanol–water partition coefficient (Wildman–Crippen LogP) is 3.56. The number of allylic oxidation sites excluding steroid dienone is 2. The van der Waals surface area contributed by atoms with E-state index in [0.29, 0.717) is 12.5 Å². The summed E-state index contributed by atoms with van der Waals surface area (Å²) in [4.78, 5) is 10.9. The van der Waals surface area contributed by atoms with Gasteiger partial charge in [0.2, 0.25) is 0 Å². The first-order valence-corrected chi connectivity index (χ1v) is 6.67. The summed E-state index contributed by atoms with van der Waals surface area (Å²) in [7, 11) is 0. The van der Waals surface area contributed by atoms with Crippen LogP contribution in [-0.2, 0) is 9.53 Å². The normalized spacial score (nSPS) is 21.4. The molecule has 0 aliphatic carbocycles. The molecule has 0 spiro atoms. The Labute approximate surface area is 114 Å². The summed E-state index contributed by atoms with van der Waals surface area (Å²) >= 11 is 0. The lowest BCUT2D eigenvalue weighted by Gasteiger charge is -2.07. The summed E-state index contributed by atoms with van der Waals surface area (Å²) in [6, 6.07) is 8.49. The van der Waals surface area contributed by atoms with Gasteiger partial charge in [0.05, 0.1) is 13.2 Å². The molecule has 2 nitrogen and oxygen atoms in total. The molecule has 1 saturated heterocycles. The minimum atomic E-state index is 0.1000. The van der Waals surface area contributed by atoms with Gasteiger partial charge in [0.1, 0.15) is 0 Å². The van der Waals surface area contributed by atoms with Crippen LogP contribution in [-0.4, -0.2) is 19.0 Å². The Morgan fingerprint density at radius 3 is 2.79 bits per heavy atom. The van der Waals surface area contributed by atoms with Crippen molar-refractivity contribution in [3.63, 3.8) is 0 Å². The van der Waals surface area contributed by atoms with Crippen LogP contribution in [0.1, 0.15) is 24.5 Å². The number of rotatable bonds is 4. The number of hydrogen-bond acceptors (Lipinski definition) is 2. The molecule has 1 atom stereocenters. The van der Waals surface area contributed by atoms with Gasteiger partial charge < -0.3 is 4.74 Å². The average Bonchev–Trinajstić information content (AvgIpc) is 2.79. The Morgan fingerprint density at radius 2 is 2.11 bits per heavy atom. The first-order valence-electron chi connectivity index (χ1n) is 6.67. The maximum absolute atomic E-state index is 10.9. The van der Waals surface area contributed by atoms with Crippen LogP contribution < -0.4 is 0 Å². The molecule has 0 saturated carbocycles. The second kappa shape index (κ2) is 6.48. The summed E-state index contributed by atoms with van der Waals surface area (Å²) in [5.41, 5.74) is 3.80. The highest BCUT2D eigenvalue weighted by Crippen LogP contribution is 2.25. The third-order valence-electron chi connectivity index (χ3n) is 3.31. The zero-order chi connectivity index (χ0) is 13.7. The van der Waals surface area contributed by atoms with Crippen molar-refractivity contribution in [1.82, 2.24) is 0 Å². The molecule has 2 rings (SSSR count). The Hall–Kier alpha value is -1.67. The van der Waals surface area contributed by atoms with Crippen molar-refractivity contribution in [3.8, 4) is 0 Å². The van der Waals surface area contributed by atoms with Gasteiger partial charge >= 0.3 is 0 Å². The summed E-state index contributed by atoms with van der Waals surface area (Å²) < 4.78 is 5.54. The molecule has 1 heterocycles. The van der Waals surface area contributed by atoms with Gasteiger partial charge in [0, 0.05) is 5.92 Å². The van der Waals surface area contributed by atoms with Crippen molar-refractivity contribution >= 4 is 11.9 Å². The predicted molar refractivity (Wildman–Crippen MR) is 77.9 cm³/mol. The van der Waals surface area contributed by atoms with Gasteiger partial charge in [-0.1, -0.05) is 42.0 Å². The van der Waals surface area contributed by atoms with E-state index in [1.165, 1.54) is 16.7 Å². The lowest BCUT2D eigenvalue weighted by atomic mass is 9.96. The highest BCUT2D eigenvalue weighted by Gasteiger charge is 2.20. The number of benzene rings is 1. The molecular weight excluding hydrogens is 236 g/mol. The van der Waals surface area contributed by atoms with Gasteiger partial charge in [0.25, 0.3) is 0 Å². The van der Waals surface area contributed by atoms with Crippen LogP contribution in [0.2, 0.25) is 0 Å². The van der Waals surface area contributed by atoms with Crippen molar-refractivity contribution < 1.29 is 9.53 Å². The average molecular weight is 256 g/mol. The van der Waals surface area contributed by atoms with Crippen LogP contribution in [0.15, 0.2) is 42.0 Å². The monoisotopic (exact) mass is 256 g/mol.